The average Bonchev–Trinajstić information content (AvgIpc) is 2.84. The third kappa shape index (κ3) is 1.33. The molecule has 4 aromatic rings. The van der Waals surface area contributed by atoms with Crippen molar-refractivity contribution in [1.82, 2.24) is 9.55 Å². The van der Waals surface area contributed by atoms with Gasteiger partial charge in [0.1, 0.15) is 5.65 Å². The first kappa shape index (κ1) is 11.6. The smallest absolute Gasteiger partial charge is 0.199 e. The first-order valence-corrected chi connectivity index (χ1v) is 6.74. The molecule has 1 N–H and O–H groups in total. The number of benzene rings is 2. The SMILES string of the molecule is Cn1c2[nH]c3ccccc3c2c(=O)c2cccc(Cl)c21. The lowest BCUT2D eigenvalue weighted by atomic mass is 10.1. The summed E-state index contributed by atoms with van der Waals surface area (Å²) in [7, 11) is 1.92. The van der Waals surface area contributed by atoms with Crippen molar-refractivity contribution in [3.8, 4) is 0 Å². The maximum absolute atomic E-state index is 12.8. The van der Waals surface area contributed by atoms with Gasteiger partial charge in [0.25, 0.3) is 0 Å². The van der Waals surface area contributed by atoms with E-state index in [0.717, 1.165) is 27.5 Å². The fraction of sp³-hybridized carbons (Fsp3) is 0.0625. The van der Waals surface area contributed by atoms with E-state index in [-0.39, 0.29) is 5.43 Å². The molecule has 0 aliphatic rings. The largest absolute Gasteiger partial charge is 0.340 e. The Hall–Kier alpha value is -2.26. The summed E-state index contributed by atoms with van der Waals surface area (Å²) >= 11 is 6.26. The first-order valence-electron chi connectivity index (χ1n) is 6.36. The summed E-state index contributed by atoms with van der Waals surface area (Å²) in [5.41, 5.74) is 2.55. The quantitative estimate of drug-likeness (QED) is 0.523. The molecule has 0 unspecified atom stereocenters. The van der Waals surface area contributed by atoms with Crippen molar-refractivity contribution in [2.45, 2.75) is 0 Å². The number of H-pyrrole nitrogens is 1. The van der Waals surface area contributed by atoms with Crippen molar-refractivity contribution in [1.29, 1.82) is 0 Å². The number of aromatic nitrogens is 2. The second-order valence-electron chi connectivity index (χ2n) is 4.92. The predicted molar refractivity (Wildman–Crippen MR) is 83.6 cm³/mol. The topological polar surface area (TPSA) is 37.8 Å². The standard InChI is InChI=1S/C16H11ClN2O/c1-19-14-10(6-4-7-11(14)17)15(20)13-9-5-2-3-8-12(9)18-16(13)19/h2-8,18H,1H3. The molecule has 3 nitrogen and oxygen atoms in total. The molecule has 4 heteroatoms. The van der Waals surface area contributed by atoms with E-state index in [1.165, 1.54) is 0 Å². The van der Waals surface area contributed by atoms with Crippen LogP contribution >= 0.6 is 11.6 Å². The van der Waals surface area contributed by atoms with E-state index in [2.05, 4.69) is 4.98 Å². The van der Waals surface area contributed by atoms with E-state index >= 15 is 0 Å². The minimum absolute atomic E-state index is 0.0213. The number of nitrogens with one attached hydrogen (secondary N) is 1. The maximum atomic E-state index is 12.8. The van der Waals surface area contributed by atoms with Crippen LogP contribution in [0.2, 0.25) is 5.02 Å². The number of hydrogen-bond donors (Lipinski definition) is 1. The molecule has 0 aliphatic carbocycles. The third-order valence-electron chi connectivity index (χ3n) is 3.82. The van der Waals surface area contributed by atoms with Crippen LogP contribution in [-0.4, -0.2) is 9.55 Å². The predicted octanol–water partition coefficient (Wildman–Crippen LogP) is 3.83. The zero-order valence-corrected chi connectivity index (χ0v) is 11.5. The zero-order chi connectivity index (χ0) is 13.9. The summed E-state index contributed by atoms with van der Waals surface area (Å²) < 4.78 is 1.95. The van der Waals surface area contributed by atoms with Gasteiger partial charge in [-0.2, -0.15) is 0 Å². The molecule has 0 fully saturated rings. The number of para-hydroxylation sites is 2. The molecule has 0 atom stereocenters. The summed E-state index contributed by atoms with van der Waals surface area (Å²) in [5, 5.41) is 2.91. The molecule has 4 rings (SSSR count). The molecule has 0 saturated carbocycles. The number of aryl methyl sites for hydroxylation is 1. The maximum Gasteiger partial charge on any atom is 0.199 e. The Morgan fingerprint density at radius 1 is 1.05 bits per heavy atom. The van der Waals surface area contributed by atoms with Gasteiger partial charge in [-0.05, 0) is 18.2 Å². The lowest BCUT2D eigenvalue weighted by Gasteiger charge is -2.08. The number of nitrogens with zero attached hydrogens (tertiary/aromatic N) is 1. The van der Waals surface area contributed by atoms with Gasteiger partial charge in [0.15, 0.2) is 5.43 Å². The number of hydrogen-bond acceptors (Lipinski definition) is 1. The van der Waals surface area contributed by atoms with Crippen LogP contribution in [-0.2, 0) is 7.05 Å². The van der Waals surface area contributed by atoms with Crippen LogP contribution in [0.5, 0.6) is 0 Å². The van der Waals surface area contributed by atoms with E-state index in [1.54, 1.807) is 6.07 Å². The number of aromatic amines is 1. The van der Waals surface area contributed by atoms with Crippen LogP contribution in [0.25, 0.3) is 32.8 Å². The van der Waals surface area contributed by atoms with Crippen LogP contribution in [0.1, 0.15) is 0 Å². The van der Waals surface area contributed by atoms with Gasteiger partial charge in [-0.1, -0.05) is 35.9 Å². The molecule has 0 spiro atoms. The van der Waals surface area contributed by atoms with Crippen molar-refractivity contribution in [2.75, 3.05) is 0 Å². The third-order valence-corrected chi connectivity index (χ3v) is 4.12. The Labute approximate surface area is 119 Å². The molecule has 2 heterocycles. The highest BCUT2D eigenvalue weighted by atomic mass is 35.5. The summed E-state index contributed by atoms with van der Waals surface area (Å²) in [6.07, 6.45) is 0. The zero-order valence-electron chi connectivity index (χ0n) is 10.8. The van der Waals surface area contributed by atoms with Crippen molar-refractivity contribution in [2.24, 2.45) is 7.05 Å². The second-order valence-corrected chi connectivity index (χ2v) is 5.33. The van der Waals surface area contributed by atoms with Crippen LogP contribution < -0.4 is 5.43 Å². The molecule has 2 aromatic heterocycles. The molecular formula is C16H11ClN2O. The van der Waals surface area contributed by atoms with Gasteiger partial charge in [0, 0.05) is 23.3 Å². The lowest BCUT2D eigenvalue weighted by molar-refractivity contribution is 0.986. The van der Waals surface area contributed by atoms with Crippen LogP contribution in [0, 0.1) is 0 Å². The lowest BCUT2D eigenvalue weighted by Crippen LogP contribution is -2.08. The highest BCUT2D eigenvalue weighted by Crippen LogP contribution is 2.28. The van der Waals surface area contributed by atoms with E-state index in [4.69, 9.17) is 11.6 Å². The van der Waals surface area contributed by atoms with Gasteiger partial charge in [0.05, 0.1) is 15.9 Å². The van der Waals surface area contributed by atoms with E-state index in [0.29, 0.717) is 10.4 Å². The van der Waals surface area contributed by atoms with E-state index in [1.807, 2.05) is 48.0 Å². The number of halogens is 1. The molecule has 20 heavy (non-hydrogen) atoms. The van der Waals surface area contributed by atoms with E-state index < -0.39 is 0 Å². The van der Waals surface area contributed by atoms with Crippen molar-refractivity contribution in [3.05, 3.63) is 57.7 Å². The van der Waals surface area contributed by atoms with Crippen molar-refractivity contribution < 1.29 is 0 Å². The Morgan fingerprint density at radius 3 is 2.65 bits per heavy atom. The number of pyridine rings is 1. The molecule has 0 aliphatic heterocycles. The average molecular weight is 283 g/mol. The van der Waals surface area contributed by atoms with Gasteiger partial charge >= 0.3 is 0 Å². The normalized spacial score (nSPS) is 11.7. The van der Waals surface area contributed by atoms with Crippen molar-refractivity contribution in [3.63, 3.8) is 0 Å². The second kappa shape index (κ2) is 3.87. The molecular weight excluding hydrogens is 272 g/mol. The van der Waals surface area contributed by atoms with Crippen molar-refractivity contribution >= 4 is 44.4 Å². The van der Waals surface area contributed by atoms with Gasteiger partial charge in [0.2, 0.25) is 0 Å². The molecule has 0 amide bonds. The van der Waals surface area contributed by atoms with Gasteiger partial charge in [-0.3, -0.25) is 4.79 Å². The van der Waals surface area contributed by atoms with Crippen LogP contribution in [0.3, 0.4) is 0 Å². The first-order chi connectivity index (χ1) is 9.68. The minimum Gasteiger partial charge on any atom is -0.340 e. The monoisotopic (exact) mass is 282 g/mol. The minimum atomic E-state index is 0.0213. The van der Waals surface area contributed by atoms with Gasteiger partial charge in [-0.15, -0.1) is 0 Å². The fourth-order valence-electron chi connectivity index (χ4n) is 2.90. The molecule has 2 aromatic carbocycles. The highest BCUT2D eigenvalue weighted by molar-refractivity contribution is 6.35. The van der Waals surface area contributed by atoms with Gasteiger partial charge < -0.3 is 9.55 Å². The Bertz CT molecular complexity index is 1040. The molecule has 98 valence electrons. The Kier molecular flexibility index (Phi) is 2.24. The summed E-state index contributed by atoms with van der Waals surface area (Å²) in [6, 6.07) is 13.3. The Balaban J connectivity index is 2.43. The summed E-state index contributed by atoms with van der Waals surface area (Å²) in [6.45, 7) is 0. The Morgan fingerprint density at radius 2 is 1.80 bits per heavy atom. The van der Waals surface area contributed by atoms with Crippen LogP contribution in [0.4, 0.5) is 0 Å². The molecule has 0 saturated heterocycles. The number of fused-ring (bicyclic) bond motifs is 4. The van der Waals surface area contributed by atoms with Gasteiger partial charge in [-0.25, -0.2) is 0 Å². The molecule has 0 radical (unpaired) electrons. The van der Waals surface area contributed by atoms with Crippen LogP contribution in [0.15, 0.2) is 47.3 Å². The summed E-state index contributed by atoms with van der Waals surface area (Å²) in [5.74, 6) is 0. The summed E-state index contributed by atoms with van der Waals surface area (Å²) in [4.78, 5) is 16.1. The molecule has 0 bridgehead atoms. The van der Waals surface area contributed by atoms with E-state index in [9.17, 15) is 4.79 Å². The highest BCUT2D eigenvalue weighted by Gasteiger charge is 2.15. The fourth-order valence-corrected chi connectivity index (χ4v) is 3.20. The number of rotatable bonds is 0.